The zero-order chi connectivity index (χ0) is 14.9. The second-order valence-corrected chi connectivity index (χ2v) is 4.60. The topological polar surface area (TPSA) is 42.7 Å². The van der Waals surface area contributed by atoms with Gasteiger partial charge >= 0.3 is 6.18 Å². The summed E-state index contributed by atoms with van der Waals surface area (Å²) in [6.07, 6.45) is -4.34. The van der Waals surface area contributed by atoms with Gasteiger partial charge in [-0.2, -0.15) is 13.2 Å². The van der Waals surface area contributed by atoms with E-state index in [1.807, 2.05) is 14.0 Å². The third kappa shape index (κ3) is 2.92. The molecule has 1 heterocycles. The molecule has 7 heteroatoms. The van der Waals surface area contributed by atoms with Gasteiger partial charge in [0.25, 0.3) is 0 Å². The summed E-state index contributed by atoms with van der Waals surface area (Å²) in [5.41, 5.74) is 0.525. The fourth-order valence-electron chi connectivity index (χ4n) is 1.77. The molecule has 0 aliphatic carbocycles. The molecule has 0 radical (unpaired) electrons. The molecule has 0 saturated heterocycles. The Balaban J connectivity index is 2.19. The van der Waals surface area contributed by atoms with Crippen molar-refractivity contribution in [2.24, 2.45) is 7.05 Å². The molecule has 108 valence electrons. The van der Waals surface area contributed by atoms with Crippen molar-refractivity contribution in [3.05, 3.63) is 41.0 Å². The first-order valence-electron chi connectivity index (χ1n) is 6.05. The Hall–Kier alpha value is -2.05. The molecular formula is C13H15F3N4. The number of nitrogens with one attached hydrogen (secondary N) is 1. The maximum atomic E-state index is 12.7. The molecule has 0 aliphatic heterocycles. The molecule has 0 fully saturated rings. The van der Waals surface area contributed by atoms with Crippen molar-refractivity contribution in [3.63, 3.8) is 0 Å². The summed E-state index contributed by atoms with van der Waals surface area (Å²) in [6.45, 7) is 3.88. The smallest absolute Gasteiger partial charge is 0.378 e. The van der Waals surface area contributed by atoms with Gasteiger partial charge in [0.1, 0.15) is 5.82 Å². The minimum Gasteiger partial charge on any atom is -0.378 e. The van der Waals surface area contributed by atoms with Crippen molar-refractivity contribution in [2.45, 2.75) is 26.6 Å². The first-order valence-corrected chi connectivity index (χ1v) is 6.05. The van der Waals surface area contributed by atoms with E-state index in [4.69, 9.17) is 0 Å². The molecule has 0 saturated carbocycles. The number of hydrogen-bond acceptors (Lipinski definition) is 3. The number of alkyl halides is 3. The fourth-order valence-corrected chi connectivity index (χ4v) is 1.77. The molecule has 0 aliphatic rings. The summed E-state index contributed by atoms with van der Waals surface area (Å²) < 4.78 is 39.8. The molecule has 2 rings (SSSR count). The van der Waals surface area contributed by atoms with Crippen molar-refractivity contribution in [1.82, 2.24) is 14.8 Å². The third-order valence-corrected chi connectivity index (χ3v) is 3.18. The molecule has 1 N–H and O–H groups in total. The summed E-state index contributed by atoms with van der Waals surface area (Å²) in [5.74, 6) is 1.42. The van der Waals surface area contributed by atoms with Crippen LogP contribution < -0.4 is 5.32 Å². The van der Waals surface area contributed by atoms with Gasteiger partial charge in [-0.15, -0.1) is 10.2 Å². The normalized spacial score (nSPS) is 11.7. The molecule has 0 bridgehead atoms. The maximum absolute atomic E-state index is 12.7. The molecule has 0 unspecified atom stereocenters. The molecule has 4 nitrogen and oxygen atoms in total. The maximum Gasteiger partial charge on any atom is 0.416 e. The Morgan fingerprint density at radius 3 is 2.45 bits per heavy atom. The van der Waals surface area contributed by atoms with Crippen LogP contribution in [0.25, 0.3) is 0 Å². The predicted octanol–water partition coefficient (Wildman–Crippen LogP) is 3.06. The van der Waals surface area contributed by atoms with Crippen LogP contribution in [0.4, 0.5) is 18.9 Å². The number of hydrogen-bond donors (Lipinski definition) is 1. The second-order valence-electron chi connectivity index (χ2n) is 4.60. The van der Waals surface area contributed by atoms with E-state index in [-0.39, 0.29) is 0 Å². The van der Waals surface area contributed by atoms with Gasteiger partial charge < -0.3 is 9.88 Å². The zero-order valence-corrected chi connectivity index (χ0v) is 11.4. The van der Waals surface area contributed by atoms with E-state index in [0.29, 0.717) is 18.1 Å². The number of aromatic nitrogens is 3. The standard InChI is InChI=1S/C13H15F3N4/c1-8-4-5-10(13(14,15)16)6-11(8)17-7-12-19-18-9(2)20(12)3/h4-6,17H,7H2,1-3H3. The highest BCUT2D eigenvalue weighted by atomic mass is 19.4. The van der Waals surface area contributed by atoms with Crippen LogP contribution in [0.5, 0.6) is 0 Å². The van der Waals surface area contributed by atoms with E-state index < -0.39 is 11.7 Å². The summed E-state index contributed by atoms with van der Waals surface area (Å²) in [6, 6.07) is 3.64. The van der Waals surface area contributed by atoms with Gasteiger partial charge in [0, 0.05) is 12.7 Å². The van der Waals surface area contributed by atoms with Crippen molar-refractivity contribution in [3.8, 4) is 0 Å². The van der Waals surface area contributed by atoms with Gasteiger partial charge in [0.2, 0.25) is 0 Å². The highest BCUT2D eigenvalue weighted by Gasteiger charge is 2.30. The molecule has 0 amide bonds. The van der Waals surface area contributed by atoms with E-state index in [1.54, 1.807) is 11.5 Å². The van der Waals surface area contributed by atoms with Gasteiger partial charge in [-0.05, 0) is 31.5 Å². The lowest BCUT2D eigenvalue weighted by Gasteiger charge is -2.13. The Labute approximate surface area is 114 Å². The van der Waals surface area contributed by atoms with Crippen molar-refractivity contribution in [2.75, 3.05) is 5.32 Å². The first-order chi connectivity index (χ1) is 9.29. The van der Waals surface area contributed by atoms with Crippen LogP contribution in [0.1, 0.15) is 22.8 Å². The lowest BCUT2D eigenvalue weighted by atomic mass is 10.1. The zero-order valence-electron chi connectivity index (χ0n) is 11.4. The SMILES string of the molecule is Cc1ccc(C(F)(F)F)cc1NCc1nnc(C)n1C. The number of nitrogens with zero attached hydrogens (tertiary/aromatic N) is 3. The minimum atomic E-state index is -4.34. The predicted molar refractivity (Wildman–Crippen MR) is 69.2 cm³/mol. The summed E-state index contributed by atoms with van der Waals surface area (Å²) in [5, 5.41) is 10.8. The molecule has 0 atom stereocenters. The Morgan fingerprint density at radius 2 is 1.90 bits per heavy atom. The first kappa shape index (κ1) is 14.4. The van der Waals surface area contributed by atoms with E-state index in [1.165, 1.54) is 6.07 Å². The lowest BCUT2D eigenvalue weighted by molar-refractivity contribution is -0.137. The van der Waals surface area contributed by atoms with Crippen molar-refractivity contribution >= 4 is 5.69 Å². The third-order valence-electron chi connectivity index (χ3n) is 3.18. The van der Waals surface area contributed by atoms with Gasteiger partial charge in [-0.1, -0.05) is 6.07 Å². The molecular weight excluding hydrogens is 269 g/mol. The summed E-state index contributed by atoms with van der Waals surface area (Å²) in [4.78, 5) is 0. The average molecular weight is 284 g/mol. The van der Waals surface area contributed by atoms with Crippen LogP contribution in [0.15, 0.2) is 18.2 Å². The highest BCUT2D eigenvalue weighted by Crippen LogP contribution is 2.32. The average Bonchev–Trinajstić information content (AvgIpc) is 2.68. The van der Waals surface area contributed by atoms with Gasteiger partial charge in [0.05, 0.1) is 12.1 Å². The Bertz CT molecular complexity index is 617. The number of benzene rings is 1. The summed E-state index contributed by atoms with van der Waals surface area (Å²) in [7, 11) is 1.81. The van der Waals surface area contributed by atoms with Crippen LogP contribution in [-0.2, 0) is 19.8 Å². The number of rotatable bonds is 3. The quantitative estimate of drug-likeness (QED) is 0.942. The van der Waals surface area contributed by atoms with Crippen LogP contribution in [0.3, 0.4) is 0 Å². The van der Waals surface area contributed by atoms with E-state index in [0.717, 1.165) is 23.5 Å². The van der Waals surface area contributed by atoms with Crippen molar-refractivity contribution in [1.29, 1.82) is 0 Å². The summed E-state index contributed by atoms with van der Waals surface area (Å²) >= 11 is 0. The Morgan fingerprint density at radius 1 is 1.20 bits per heavy atom. The second kappa shape index (κ2) is 5.15. The highest BCUT2D eigenvalue weighted by molar-refractivity contribution is 5.53. The van der Waals surface area contributed by atoms with Crippen LogP contribution in [-0.4, -0.2) is 14.8 Å². The molecule has 0 spiro atoms. The van der Waals surface area contributed by atoms with Gasteiger partial charge in [-0.3, -0.25) is 0 Å². The molecule has 1 aromatic heterocycles. The monoisotopic (exact) mass is 284 g/mol. The molecule has 1 aromatic carbocycles. The van der Waals surface area contributed by atoms with Gasteiger partial charge in [0.15, 0.2) is 5.82 Å². The minimum absolute atomic E-state index is 0.319. The Kier molecular flexibility index (Phi) is 3.69. The number of aryl methyl sites for hydroxylation is 2. The van der Waals surface area contributed by atoms with Crippen LogP contribution >= 0.6 is 0 Å². The fraction of sp³-hybridized carbons (Fsp3) is 0.385. The number of halogens is 3. The molecule has 20 heavy (non-hydrogen) atoms. The van der Waals surface area contributed by atoms with E-state index in [9.17, 15) is 13.2 Å². The van der Waals surface area contributed by atoms with E-state index >= 15 is 0 Å². The van der Waals surface area contributed by atoms with Gasteiger partial charge in [-0.25, -0.2) is 0 Å². The largest absolute Gasteiger partial charge is 0.416 e. The van der Waals surface area contributed by atoms with Crippen molar-refractivity contribution < 1.29 is 13.2 Å². The van der Waals surface area contributed by atoms with E-state index in [2.05, 4.69) is 15.5 Å². The van der Waals surface area contributed by atoms with Crippen LogP contribution in [0.2, 0.25) is 0 Å². The van der Waals surface area contributed by atoms with Crippen LogP contribution in [0, 0.1) is 13.8 Å². The molecule has 2 aromatic rings. The lowest BCUT2D eigenvalue weighted by Crippen LogP contribution is -2.10. The number of anilines is 1.